The summed E-state index contributed by atoms with van der Waals surface area (Å²) in [7, 11) is 1.54. The van der Waals surface area contributed by atoms with Gasteiger partial charge in [0.2, 0.25) is 0 Å². The van der Waals surface area contributed by atoms with Crippen molar-refractivity contribution >= 4 is 6.21 Å². The first-order chi connectivity index (χ1) is 9.35. The Morgan fingerprint density at radius 1 is 1.42 bits per heavy atom. The van der Waals surface area contributed by atoms with Crippen molar-refractivity contribution in [1.82, 2.24) is 14.9 Å². The molecule has 0 saturated carbocycles. The molecular formula is C12H11N5O2. The van der Waals surface area contributed by atoms with Gasteiger partial charge in [0.05, 0.1) is 13.3 Å². The molecule has 2 aromatic rings. The Bertz CT molecular complexity index is 601. The number of benzene rings is 1. The quantitative estimate of drug-likeness (QED) is 0.748. The molecule has 96 valence electrons. The van der Waals surface area contributed by atoms with E-state index in [4.69, 9.17) is 14.7 Å². The van der Waals surface area contributed by atoms with E-state index in [0.29, 0.717) is 17.1 Å². The summed E-state index contributed by atoms with van der Waals surface area (Å²) in [6.07, 6.45) is 4.51. The summed E-state index contributed by atoms with van der Waals surface area (Å²) >= 11 is 0. The van der Waals surface area contributed by atoms with Crippen molar-refractivity contribution in [3.05, 3.63) is 36.4 Å². The lowest BCUT2D eigenvalue weighted by Crippen LogP contribution is -2.00. The van der Waals surface area contributed by atoms with Gasteiger partial charge in [-0.1, -0.05) is 6.07 Å². The summed E-state index contributed by atoms with van der Waals surface area (Å²) in [5.74, 6) is 1.02. The van der Waals surface area contributed by atoms with Gasteiger partial charge in [0.1, 0.15) is 18.7 Å². The normalized spacial score (nSPS) is 10.3. The summed E-state index contributed by atoms with van der Waals surface area (Å²) < 4.78 is 12.0. The number of aromatic nitrogens is 3. The molecule has 7 nitrogen and oxygen atoms in total. The topological polar surface area (TPSA) is 85.3 Å². The zero-order valence-electron chi connectivity index (χ0n) is 10.2. The lowest BCUT2D eigenvalue weighted by Gasteiger charge is -2.10. The van der Waals surface area contributed by atoms with Crippen LogP contribution in [-0.4, -0.2) is 34.8 Å². The Balaban J connectivity index is 2.30. The summed E-state index contributed by atoms with van der Waals surface area (Å²) in [5, 5.41) is 20.0. The highest BCUT2D eigenvalue weighted by molar-refractivity contribution is 5.85. The SMILES string of the molecule is COc1cccc(/C=N/n2cnnc2)c1OCC#N. The predicted molar refractivity (Wildman–Crippen MR) is 67.1 cm³/mol. The third-order valence-corrected chi connectivity index (χ3v) is 2.25. The Kier molecular flexibility index (Phi) is 4.08. The molecular weight excluding hydrogens is 246 g/mol. The molecule has 0 radical (unpaired) electrons. The van der Waals surface area contributed by atoms with Gasteiger partial charge >= 0.3 is 0 Å². The van der Waals surface area contributed by atoms with E-state index in [1.54, 1.807) is 12.3 Å². The first kappa shape index (κ1) is 12.6. The molecule has 0 spiro atoms. The average Bonchev–Trinajstić information content (AvgIpc) is 2.96. The van der Waals surface area contributed by atoms with Crippen LogP contribution in [0.4, 0.5) is 0 Å². The van der Waals surface area contributed by atoms with E-state index in [1.807, 2.05) is 18.2 Å². The largest absolute Gasteiger partial charge is 0.493 e. The fraction of sp³-hybridized carbons (Fsp3) is 0.167. The standard InChI is InChI=1S/C12H11N5O2/c1-18-11-4-2-3-10(12(11)19-6-5-13)7-16-17-8-14-15-9-17/h2-4,7-9H,6H2,1H3/b16-7+. The molecule has 0 aliphatic carbocycles. The van der Waals surface area contributed by atoms with Gasteiger partial charge < -0.3 is 9.47 Å². The number of hydrogen-bond donors (Lipinski definition) is 0. The van der Waals surface area contributed by atoms with Gasteiger partial charge in [-0.3, -0.25) is 0 Å². The number of nitriles is 1. The summed E-state index contributed by atoms with van der Waals surface area (Å²) in [4.78, 5) is 0. The van der Waals surface area contributed by atoms with Crippen LogP contribution in [0.5, 0.6) is 11.5 Å². The molecule has 0 N–H and O–H groups in total. The zero-order valence-corrected chi connectivity index (χ0v) is 10.2. The number of nitrogens with zero attached hydrogens (tertiary/aromatic N) is 5. The van der Waals surface area contributed by atoms with Crippen LogP contribution in [0.15, 0.2) is 36.0 Å². The molecule has 7 heteroatoms. The molecule has 0 aliphatic rings. The van der Waals surface area contributed by atoms with Crippen LogP contribution >= 0.6 is 0 Å². The highest BCUT2D eigenvalue weighted by Gasteiger charge is 2.08. The van der Waals surface area contributed by atoms with Crippen molar-refractivity contribution in [2.45, 2.75) is 0 Å². The van der Waals surface area contributed by atoms with Crippen LogP contribution < -0.4 is 9.47 Å². The van der Waals surface area contributed by atoms with Gasteiger partial charge in [-0.25, -0.2) is 4.68 Å². The van der Waals surface area contributed by atoms with E-state index in [1.165, 1.54) is 24.4 Å². The molecule has 1 heterocycles. The van der Waals surface area contributed by atoms with Crippen molar-refractivity contribution in [3.8, 4) is 17.6 Å². The minimum Gasteiger partial charge on any atom is -0.493 e. The fourth-order valence-electron chi connectivity index (χ4n) is 1.44. The summed E-state index contributed by atoms with van der Waals surface area (Å²) in [6.45, 7) is -0.0617. The number of methoxy groups -OCH3 is 1. The van der Waals surface area contributed by atoms with E-state index in [2.05, 4.69) is 15.3 Å². The van der Waals surface area contributed by atoms with Crippen LogP contribution in [-0.2, 0) is 0 Å². The highest BCUT2D eigenvalue weighted by Crippen LogP contribution is 2.29. The van der Waals surface area contributed by atoms with Gasteiger partial charge in [-0.2, -0.15) is 10.4 Å². The molecule has 0 unspecified atom stereocenters. The molecule has 19 heavy (non-hydrogen) atoms. The first-order valence-electron chi connectivity index (χ1n) is 5.41. The number of rotatable bonds is 5. The number of para-hydroxylation sites is 1. The second kappa shape index (κ2) is 6.16. The maximum absolute atomic E-state index is 8.59. The third-order valence-electron chi connectivity index (χ3n) is 2.25. The summed E-state index contributed by atoms with van der Waals surface area (Å²) in [6, 6.07) is 7.29. The van der Waals surface area contributed by atoms with E-state index >= 15 is 0 Å². The Morgan fingerprint density at radius 2 is 2.21 bits per heavy atom. The maximum atomic E-state index is 8.59. The van der Waals surface area contributed by atoms with Crippen LogP contribution in [0.1, 0.15) is 5.56 Å². The lowest BCUT2D eigenvalue weighted by molar-refractivity contribution is 0.329. The van der Waals surface area contributed by atoms with Crippen molar-refractivity contribution in [2.75, 3.05) is 13.7 Å². The number of ether oxygens (including phenoxy) is 2. The van der Waals surface area contributed by atoms with E-state index < -0.39 is 0 Å². The lowest BCUT2D eigenvalue weighted by atomic mass is 10.2. The first-order valence-corrected chi connectivity index (χ1v) is 5.41. The molecule has 0 atom stereocenters. The molecule has 1 aromatic carbocycles. The molecule has 0 amide bonds. The monoisotopic (exact) mass is 257 g/mol. The van der Waals surface area contributed by atoms with Gasteiger partial charge in [0.25, 0.3) is 0 Å². The minimum atomic E-state index is -0.0617. The molecule has 2 rings (SSSR count). The predicted octanol–water partition coefficient (Wildman–Crippen LogP) is 1.07. The number of hydrogen-bond acceptors (Lipinski definition) is 6. The summed E-state index contributed by atoms with van der Waals surface area (Å²) in [5.41, 5.74) is 0.698. The highest BCUT2D eigenvalue weighted by atomic mass is 16.5. The second-order valence-electron chi connectivity index (χ2n) is 3.41. The Hall–Kier alpha value is -2.88. The minimum absolute atomic E-state index is 0.0617. The molecule has 0 fully saturated rings. The van der Waals surface area contributed by atoms with E-state index in [0.717, 1.165) is 0 Å². The van der Waals surface area contributed by atoms with E-state index in [-0.39, 0.29) is 6.61 Å². The second-order valence-corrected chi connectivity index (χ2v) is 3.41. The van der Waals surface area contributed by atoms with Crippen molar-refractivity contribution in [1.29, 1.82) is 5.26 Å². The van der Waals surface area contributed by atoms with Crippen molar-refractivity contribution in [2.24, 2.45) is 5.10 Å². The van der Waals surface area contributed by atoms with Crippen LogP contribution in [0, 0.1) is 11.3 Å². The fourth-order valence-corrected chi connectivity index (χ4v) is 1.44. The van der Waals surface area contributed by atoms with Crippen LogP contribution in [0.2, 0.25) is 0 Å². The van der Waals surface area contributed by atoms with Gasteiger partial charge in [-0.15, -0.1) is 10.2 Å². The van der Waals surface area contributed by atoms with Crippen molar-refractivity contribution < 1.29 is 9.47 Å². The zero-order chi connectivity index (χ0) is 13.5. The molecule has 0 saturated heterocycles. The van der Waals surface area contributed by atoms with E-state index in [9.17, 15) is 0 Å². The van der Waals surface area contributed by atoms with Gasteiger partial charge in [0, 0.05) is 5.56 Å². The maximum Gasteiger partial charge on any atom is 0.174 e. The molecule has 1 aromatic heterocycles. The van der Waals surface area contributed by atoms with Crippen LogP contribution in [0.25, 0.3) is 0 Å². The molecule has 0 bridgehead atoms. The average molecular weight is 257 g/mol. The molecule has 0 aliphatic heterocycles. The Labute approximate surface area is 109 Å². The Morgan fingerprint density at radius 3 is 2.89 bits per heavy atom. The smallest absolute Gasteiger partial charge is 0.174 e. The van der Waals surface area contributed by atoms with Crippen molar-refractivity contribution in [3.63, 3.8) is 0 Å². The van der Waals surface area contributed by atoms with Crippen LogP contribution in [0.3, 0.4) is 0 Å². The van der Waals surface area contributed by atoms with Gasteiger partial charge in [-0.05, 0) is 12.1 Å². The van der Waals surface area contributed by atoms with Gasteiger partial charge in [0.15, 0.2) is 18.1 Å². The third kappa shape index (κ3) is 3.07.